The molecule has 0 aliphatic heterocycles. The van der Waals surface area contributed by atoms with E-state index in [0.717, 1.165) is 22.0 Å². The van der Waals surface area contributed by atoms with Crippen LogP contribution in [0.1, 0.15) is 25.0 Å². The molecule has 2 aromatic rings. The lowest BCUT2D eigenvalue weighted by Crippen LogP contribution is -2.32. The molecule has 0 fully saturated rings. The molecule has 5 N–H and O–H groups in total. The number of aromatic nitrogens is 1. The largest absolute Gasteiger partial charge is 0.508 e. The van der Waals surface area contributed by atoms with Crippen molar-refractivity contribution in [2.75, 3.05) is 0 Å². The molecule has 0 saturated heterocycles. The number of aromatic amines is 1. The molecule has 2 rings (SSSR count). The number of hydrogen-bond donors (Lipinski definition) is 4. The van der Waals surface area contributed by atoms with Crippen molar-refractivity contribution >= 4 is 16.9 Å². The summed E-state index contributed by atoms with van der Waals surface area (Å²) in [6.07, 6.45) is 4.77. The Kier molecular flexibility index (Phi) is 4.33. The van der Waals surface area contributed by atoms with E-state index < -0.39 is 12.0 Å². The standard InChI is InChI=1S/C16H20N2O3/c1-9(2)3-4-10-5-12(19)7-13-11(8-18-15(10)13)6-14(17)16(20)21/h3,5,7-8,14,18-19H,4,6,17H2,1-2H3,(H,20,21)/t14-/m0/s1. The molecule has 0 bridgehead atoms. The summed E-state index contributed by atoms with van der Waals surface area (Å²) in [5.74, 6) is -0.862. The molecular weight excluding hydrogens is 268 g/mol. The Bertz CT molecular complexity index is 697. The zero-order valence-corrected chi connectivity index (χ0v) is 12.2. The van der Waals surface area contributed by atoms with E-state index in [1.165, 1.54) is 5.57 Å². The Hall–Kier alpha value is -2.27. The molecule has 21 heavy (non-hydrogen) atoms. The summed E-state index contributed by atoms with van der Waals surface area (Å²) in [4.78, 5) is 14.0. The summed E-state index contributed by atoms with van der Waals surface area (Å²) in [6.45, 7) is 4.04. The van der Waals surface area contributed by atoms with Crippen LogP contribution in [0.25, 0.3) is 10.9 Å². The number of aromatic hydroxyl groups is 1. The first kappa shape index (κ1) is 15.1. The van der Waals surface area contributed by atoms with Gasteiger partial charge in [0.05, 0.1) is 0 Å². The Morgan fingerprint density at radius 2 is 2.10 bits per heavy atom. The zero-order chi connectivity index (χ0) is 15.6. The van der Waals surface area contributed by atoms with Gasteiger partial charge in [-0.05, 0) is 43.5 Å². The number of H-pyrrole nitrogens is 1. The molecule has 0 radical (unpaired) electrons. The van der Waals surface area contributed by atoms with Gasteiger partial charge in [0.2, 0.25) is 0 Å². The van der Waals surface area contributed by atoms with Crippen LogP contribution in [0.5, 0.6) is 5.75 Å². The zero-order valence-electron chi connectivity index (χ0n) is 12.2. The highest BCUT2D eigenvalue weighted by atomic mass is 16.4. The average Bonchev–Trinajstić information content (AvgIpc) is 2.79. The molecule has 0 spiro atoms. The van der Waals surface area contributed by atoms with Crippen LogP contribution >= 0.6 is 0 Å². The number of benzene rings is 1. The van der Waals surface area contributed by atoms with Crippen LogP contribution in [0.2, 0.25) is 0 Å². The van der Waals surface area contributed by atoms with Crippen LogP contribution in [0.3, 0.4) is 0 Å². The number of hydrogen-bond acceptors (Lipinski definition) is 3. The molecule has 1 aromatic carbocycles. The van der Waals surface area contributed by atoms with Crippen molar-refractivity contribution in [2.45, 2.75) is 32.7 Å². The molecule has 0 saturated carbocycles. The highest BCUT2D eigenvalue weighted by Gasteiger charge is 2.16. The molecule has 0 aliphatic rings. The minimum Gasteiger partial charge on any atom is -0.508 e. The van der Waals surface area contributed by atoms with Gasteiger partial charge in [0.15, 0.2) is 0 Å². The highest BCUT2D eigenvalue weighted by Crippen LogP contribution is 2.28. The van der Waals surface area contributed by atoms with Crippen molar-refractivity contribution in [1.29, 1.82) is 0 Å². The topological polar surface area (TPSA) is 99.3 Å². The predicted octanol–water partition coefficient (Wildman–Crippen LogP) is 2.34. The lowest BCUT2D eigenvalue weighted by Gasteiger charge is -2.06. The Morgan fingerprint density at radius 3 is 2.71 bits per heavy atom. The molecule has 1 atom stereocenters. The lowest BCUT2D eigenvalue weighted by atomic mass is 10.0. The summed E-state index contributed by atoms with van der Waals surface area (Å²) in [5, 5.41) is 19.6. The van der Waals surface area contributed by atoms with E-state index in [2.05, 4.69) is 11.1 Å². The number of aliphatic carboxylic acids is 1. The third-order valence-electron chi connectivity index (χ3n) is 3.43. The average molecular weight is 288 g/mol. The fraction of sp³-hybridized carbons (Fsp3) is 0.312. The van der Waals surface area contributed by atoms with Crippen molar-refractivity contribution in [3.05, 3.63) is 41.1 Å². The molecule has 0 unspecified atom stereocenters. The summed E-state index contributed by atoms with van der Waals surface area (Å²) < 4.78 is 0. The maximum absolute atomic E-state index is 10.9. The first-order chi connectivity index (χ1) is 9.88. The third-order valence-corrected chi connectivity index (χ3v) is 3.43. The normalized spacial score (nSPS) is 12.3. The number of carboxylic acid groups (broad SMARTS) is 1. The van der Waals surface area contributed by atoms with E-state index >= 15 is 0 Å². The molecule has 1 aromatic heterocycles. The molecule has 0 aliphatic carbocycles. The van der Waals surface area contributed by atoms with Gasteiger partial charge in [-0.3, -0.25) is 4.79 Å². The van der Waals surface area contributed by atoms with Gasteiger partial charge in [-0.2, -0.15) is 0 Å². The predicted molar refractivity (Wildman–Crippen MR) is 82.4 cm³/mol. The minimum atomic E-state index is -1.03. The number of phenolic OH excluding ortho intramolecular Hbond substituents is 1. The number of carbonyl (C=O) groups is 1. The lowest BCUT2D eigenvalue weighted by molar-refractivity contribution is -0.138. The summed E-state index contributed by atoms with van der Waals surface area (Å²) in [7, 11) is 0. The van der Waals surface area contributed by atoms with Crippen LogP contribution in [-0.2, 0) is 17.6 Å². The van der Waals surface area contributed by atoms with Gasteiger partial charge in [-0.1, -0.05) is 11.6 Å². The van der Waals surface area contributed by atoms with Gasteiger partial charge < -0.3 is 20.9 Å². The van der Waals surface area contributed by atoms with Crippen molar-refractivity contribution in [3.63, 3.8) is 0 Å². The smallest absolute Gasteiger partial charge is 0.320 e. The van der Waals surface area contributed by atoms with E-state index in [0.29, 0.717) is 6.42 Å². The number of nitrogens with one attached hydrogen (secondary N) is 1. The van der Waals surface area contributed by atoms with E-state index in [1.54, 1.807) is 18.3 Å². The second-order valence-corrected chi connectivity index (χ2v) is 5.48. The maximum atomic E-state index is 10.9. The van der Waals surface area contributed by atoms with Crippen LogP contribution in [0.4, 0.5) is 0 Å². The van der Waals surface area contributed by atoms with Crippen LogP contribution < -0.4 is 5.73 Å². The van der Waals surface area contributed by atoms with Gasteiger partial charge >= 0.3 is 5.97 Å². The molecule has 0 amide bonds. The van der Waals surface area contributed by atoms with Crippen molar-refractivity contribution in [1.82, 2.24) is 4.98 Å². The summed E-state index contributed by atoms with van der Waals surface area (Å²) in [5.41, 5.74) is 9.48. The fourth-order valence-corrected chi connectivity index (χ4v) is 2.31. The number of rotatable bonds is 5. The number of nitrogens with two attached hydrogens (primary N) is 1. The van der Waals surface area contributed by atoms with E-state index in [9.17, 15) is 9.90 Å². The second-order valence-electron chi connectivity index (χ2n) is 5.48. The monoisotopic (exact) mass is 288 g/mol. The summed E-state index contributed by atoms with van der Waals surface area (Å²) in [6, 6.07) is 2.41. The fourth-order valence-electron chi connectivity index (χ4n) is 2.31. The Labute approximate surface area is 123 Å². The number of phenols is 1. The van der Waals surface area contributed by atoms with E-state index in [-0.39, 0.29) is 12.2 Å². The van der Waals surface area contributed by atoms with Crippen molar-refractivity contribution in [3.8, 4) is 5.75 Å². The van der Waals surface area contributed by atoms with Gasteiger partial charge in [-0.15, -0.1) is 0 Å². The number of fused-ring (bicyclic) bond motifs is 1. The quantitative estimate of drug-likeness (QED) is 0.634. The first-order valence-corrected chi connectivity index (χ1v) is 6.82. The SMILES string of the molecule is CC(C)=CCc1cc(O)cc2c(C[C@H](N)C(=O)O)c[nH]c12. The van der Waals surface area contributed by atoms with Gasteiger partial charge in [-0.25, -0.2) is 0 Å². The van der Waals surface area contributed by atoms with E-state index in [1.807, 2.05) is 13.8 Å². The number of allylic oxidation sites excluding steroid dienone is 2. The molecule has 5 nitrogen and oxygen atoms in total. The van der Waals surface area contributed by atoms with Crippen molar-refractivity contribution in [2.24, 2.45) is 5.73 Å². The molecular formula is C16H20N2O3. The Balaban J connectivity index is 2.43. The van der Waals surface area contributed by atoms with E-state index in [4.69, 9.17) is 10.8 Å². The second kappa shape index (κ2) is 6.01. The van der Waals surface area contributed by atoms with Gasteiger partial charge in [0, 0.05) is 23.5 Å². The Morgan fingerprint density at radius 1 is 1.38 bits per heavy atom. The summed E-state index contributed by atoms with van der Waals surface area (Å²) >= 11 is 0. The molecule has 112 valence electrons. The minimum absolute atomic E-state index is 0.171. The van der Waals surface area contributed by atoms with Gasteiger partial charge in [0.1, 0.15) is 11.8 Å². The van der Waals surface area contributed by atoms with Crippen LogP contribution in [-0.4, -0.2) is 27.2 Å². The maximum Gasteiger partial charge on any atom is 0.320 e. The molecule has 1 heterocycles. The van der Waals surface area contributed by atoms with Gasteiger partial charge in [0.25, 0.3) is 0 Å². The first-order valence-electron chi connectivity index (χ1n) is 6.82. The highest BCUT2D eigenvalue weighted by molar-refractivity contribution is 5.88. The van der Waals surface area contributed by atoms with Crippen LogP contribution in [0.15, 0.2) is 30.0 Å². The third kappa shape index (κ3) is 3.44. The van der Waals surface area contributed by atoms with Crippen molar-refractivity contribution < 1.29 is 15.0 Å². The number of carboxylic acids is 1. The molecule has 5 heteroatoms. The van der Waals surface area contributed by atoms with Crippen LogP contribution in [0, 0.1) is 0 Å².